The molecule has 0 saturated carbocycles. The number of amidine groups is 1. The highest BCUT2D eigenvalue weighted by Gasteiger charge is 1.98. The summed E-state index contributed by atoms with van der Waals surface area (Å²) in [5.41, 5.74) is 6.36. The molecule has 0 atom stereocenters. The highest BCUT2D eigenvalue weighted by atomic mass is 16.5. The number of oxime groups is 1. The first-order valence-electron chi connectivity index (χ1n) is 4.93. The van der Waals surface area contributed by atoms with Gasteiger partial charge in [-0.2, -0.15) is 0 Å². The van der Waals surface area contributed by atoms with E-state index >= 15 is 0 Å². The summed E-state index contributed by atoms with van der Waals surface area (Å²) < 4.78 is 10.3. The second-order valence-electron chi connectivity index (χ2n) is 3.25. The average Bonchev–Trinajstić information content (AvgIpc) is 2.31. The molecule has 0 aliphatic heterocycles. The van der Waals surface area contributed by atoms with Crippen molar-refractivity contribution in [3.05, 3.63) is 29.8 Å². The van der Waals surface area contributed by atoms with E-state index in [0.29, 0.717) is 19.6 Å². The van der Waals surface area contributed by atoms with Crippen molar-refractivity contribution in [3.8, 4) is 5.75 Å². The minimum atomic E-state index is 0.188. The lowest BCUT2D eigenvalue weighted by molar-refractivity contribution is 0.146. The van der Waals surface area contributed by atoms with Crippen LogP contribution in [0.5, 0.6) is 5.75 Å². The van der Waals surface area contributed by atoms with Crippen LogP contribution >= 0.6 is 0 Å². The number of benzene rings is 1. The van der Waals surface area contributed by atoms with Gasteiger partial charge in [0.2, 0.25) is 0 Å². The number of hydrogen-bond acceptors (Lipinski definition) is 4. The molecule has 0 aliphatic rings. The minimum absolute atomic E-state index is 0.188. The molecule has 0 fully saturated rings. The summed E-state index contributed by atoms with van der Waals surface area (Å²) in [6, 6.07) is 7.44. The molecule has 5 nitrogen and oxygen atoms in total. The van der Waals surface area contributed by atoms with Crippen molar-refractivity contribution in [2.24, 2.45) is 10.9 Å². The quantitative estimate of drug-likeness (QED) is 0.248. The van der Waals surface area contributed by atoms with Gasteiger partial charge >= 0.3 is 0 Å². The van der Waals surface area contributed by atoms with Crippen molar-refractivity contribution in [1.82, 2.24) is 0 Å². The zero-order valence-electron chi connectivity index (χ0n) is 9.22. The zero-order chi connectivity index (χ0) is 11.8. The molecular formula is C11H16N2O3. The lowest BCUT2D eigenvalue weighted by atomic mass is 10.1. The fourth-order valence-corrected chi connectivity index (χ4v) is 1.19. The molecule has 0 aromatic heterocycles. The number of hydrogen-bond donors (Lipinski definition) is 2. The fraction of sp³-hybridized carbons (Fsp3) is 0.364. The van der Waals surface area contributed by atoms with Crippen molar-refractivity contribution < 1.29 is 14.7 Å². The Balaban J connectivity index is 2.47. The first-order valence-corrected chi connectivity index (χ1v) is 4.93. The normalized spacial score (nSPS) is 11.4. The van der Waals surface area contributed by atoms with Crippen LogP contribution in [0.3, 0.4) is 0 Å². The van der Waals surface area contributed by atoms with Gasteiger partial charge < -0.3 is 20.4 Å². The van der Waals surface area contributed by atoms with Crippen LogP contribution in [-0.4, -0.2) is 31.4 Å². The summed E-state index contributed by atoms with van der Waals surface area (Å²) in [7, 11) is 1.63. The molecule has 1 rings (SSSR count). The average molecular weight is 224 g/mol. The molecule has 0 unspecified atom stereocenters. The van der Waals surface area contributed by atoms with Crippen molar-refractivity contribution >= 4 is 5.84 Å². The Morgan fingerprint density at radius 1 is 1.31 bits per heavy atom. The summed E-state index contributed by atoms with van der Waals surface area (Å²) in [6.45, 7) is 1.09. The fourth-order valence-electron chi connectivity index (χ4n) is 1.19. The Morgan fingerprint density at radius 2 is 2.00 bits per heavy atom. The molecule has 0 heterocycles. The monoisotopic (exact) mass is 224 g/mol. The molecule has 5 heteroatoms. The molecule has 1 aromatic carbocycles. The molecule has 1 aromatic rings. The highest BCUT2D eigenvalue weighted by molar-refractivity contribution is 5.81. The first-order chi connectivity index (χ1) is 7.76. The molecule has 16 heavy (non-hydrogen) atoms. The molecule has 0 radical (unpaired) electrons. The Hall–Kier alpha value is -1.75. The molecule has 0 amide bonds. The van der Waals surface area contributed by atoms with Crippen LogP contribution in [0.15, 0.2) is 29.4 Å². The van der Waals surface area contributed by atoms with E-state index in [2.05, 4.69) is 5.16 Å². The maximum Gasteiger partial charge on any atom is 0.143 e. The smallest absolute Gasteiger partial charge is 0.143 e. The molecule has 0 bridgehead atoms. The van der Waals surface area contributed by atoms with E-state index in [1.54, 1.807) is 7.11 Å². The summed E-state index contributed by atoms with van der Waals surface area (Å²) in [5, 5.41) is 11.3. The van der Waals surface area contributed by atoms with E-state index in [4.69, 9.17) is 20.4 Å². The van der Waals surface area contributed by atoms with Crippen LogP contribution in [0.2, 0.25) is 0 Å². The number of ether oxygens (including phenoxy) is 2. The summed E-state index contributed by atoms with van der Waals surface area (Å²) >= 11 is 0. The third-order valence-corrected chi connectivity index (χ3v) is 1.99. The van der Waals surface area contributed by atoms with Crippen LogP contribution in [-0.2, 0) is 11.2 Å². The van der Waals surface area contributed by atoms with E-state index in [-0.39, 0.29) is 5.84 Å². The van der Waals surface area contributed by atoms with E-state index < -0.39 is 0 Å². The van der Waals surface area contributed by atoms with Gasteiger partial charge in [-0.15, -0.1) is 0 Å². The standard InChI is InChI=1S/C11H16N2O3/c1-15-6-7-16-10-4-2-9(3-5-10)8-11(12)13-14/h2-5,14H,6-8H2,1H3,(H2,12,13). The molecular weight excluding hydrogens is 208 g/mol. The van der Waals surface area contributed by atoms with E-state index in [1.165, 1.54) is 0 Å². The lowest BCUT2D eigenvalue weighted by Gasteiger charge is -2.06. The maximum atomic E-state index is 8.42. The van der Waals surface area contributed by atoms with Gasteiger partial charge in [0, 0.05) is 13.5 Å². The second kappa shape index (κ2) is 6.68. The summed E-state index contributed by atoms with van der Waals surface area (Å²) in [4.78, 5) is 0. The third kappa shape index (κ3) is 4.18. The second-order valence-corrected chi connectivity index (χ2v) is 3.25. The van der Waals surface area contributed by atoms with Crippen LogP contribution in [0.25, 0.3) is 0 Å². The van der Waals surface area contributed by atoms with Crippen LogP contribution < -0.4 is 10.5 Å². The molecule has 0 aliphatic carbocycles. The van der Waals surface area contributed by atoms with Gasteiger partial charge in [0.05, 0.1) is 6.61 Å². The van der Waals surface area contributed by atoms with Crippen LogP contribution in [0.1, 0.15) is 5.56 Å². The predicted molar refractivity (Wildman–Crippen MR) is 60.9 cm³/mol. The molecule has 3 N–H and O–H groups in total. The number of methoxy groups -OCH3 is 1. The van der Waals surface area contributed by atoms with Crippen molar-refractivity contribution in [2.45, 2.75) is 6.42 Å². The van der Waals surface area contributed by atoms with E-state index in [1.807, 2.05) is 24.3 Å². The van der Waals surface area contributed by atoms with Crippen molar-refractivity contribution in [1.29, 1.82) is 0 Å². The van der Waals surface area contributed by atoms with Gasteiger partial charge in [-0.3, -0.25) is 0 Å². The summed E-state index contributed by atoms with van der Waals surface area (Å²) in [6.07, 6.45) is 0.425. The Morgan fingerprint density at radius 3 is 2.56 bits per heavy atom. The van der Waals surface area contributed by atoms with Crippen molar-refractivity contribution in [2.75, 3.05) is 20.3 Å². The number of nitrogens with zero attached hydrogens (tertiary/aromatic N) is 1. The first kappa shape index (κ1) is 12.3. The van der Waals surface area contributed by atoms with E-state index in [0.717, 1.165) is 11.3 Å². The van der Waals surface area contributed by atoms with Gasteiger partial charge in [-0.05, 0) is 17.7 Å². The molecule has 0 saturated heterocycles. The molecule has 88 valence electrons. The van der Waals surface area contributed by atoms with E-state index in [9.17, 15) is 0 Å². The van der Waals surface area contributed by atoms with Crippen LogP contribution in [0, 0.1) is 0 Å². The Kier molecular flexibility index (Phi) is 5.15. The van der Waals surface area contributed by atoms with Gasteiger partial charge in [0.25, 0.3) is 0 Å². The van der Waals surface area contributed by atoms with Gasteiger partial charge in [0.15, 0.2) is 0 Å². The maximum absolute atomic E-state index is 8.42. The van der Waals surface area contributed by atoms with Gasteiger partial charge in [0.1, 0.15) is 18.2 Å². The predicted octanol–water partition coefficient (Wildman–Crippen LogP) is 1.00. The topological polar surface area (TPSA) is 77.1 Å². The molecule has 0 spiro atoms. The lowest BCUT2D eigenvalue weighted by Crippen LogP contribution is -2.14. The minimum Gasteiger partial charge on any atom is -0.491 e. The summed E-state index contributed by atoms with van der Waals surface area (Å²) in [5.74, 6) is 0.966. The zero-order valence-corrected chi connectivity index (χ0v) is 9.22. The Labute approximate surface area is 94.5 Å². The number of rotatable bonds is 6. The Bertz CT molecular complexity index is 336. The van der Waals surface area contributed by atoms with Crippen molar-refractivity contribution in [3.63, 3.8) is 0 Å². The van der Waals surface area contributed by atoms with Gasteiger partial charge in [-0.1, -0.05) is 17.3 Å². The van der Waals surface area contributed by atoms with Crippen LogP contribution in [0.4, 0.5) is 0 Å². The SMILES string of the molecule is COCCOc1ccc(C/C(N)=N/O)cc1. The third-order valence-electron chi connectivity index (χ3n) is 1.99. The largest absolute Gasteiger partial charge is 0.491 e. The number of nitrogens with two attached hydrogens (primary N) is 1. The highest BCUT2D eigenvalue weighted by Crippen LogP contribution is 2.12. The van der Waals surface area contributed by atoms with Gasteiger partial charge in [-0.25, -0.2) is 0 Å².